The topological polar surface area (TPSA) is 3.24 Å². The number of anilines is 3. The van der Waals surface area contributed by atoms with Crippen molar-refractivity contribution in [2.24, 2.45) is 0 Å². The molecule has 0 radical (unpaired) electrons. The second kappa shape index (κ2) is 8.50. The molecule has 0 aromatic heterocycles. The first-order valence-corrected chi connectivity index (χ1v) is 15.5. The van der Waals surface area contributed by atoms with Crippen LogP contribution in [0.25, 0.3) is 11.1 Å². The zero-order valence-electron chi connectivity index (χ0n) is 23.6. The van der Waals surface area contributed by atoms with E-state index in [1.54, 1.807) is 0 Å². The summed E-state index contributed by atoms with van der Waals surface area (Å²) in [6.07, 6.45) is 0. The lowest BCUT2D eigenvalue weighted by Crippen LogP contribution is -2.40. The first kappa shape index (κ1) is 24.1. The van der Waals surface area contributed by atoms with Crippen LogP contribution in [0.4, 0.5) is 17.1 Å². The molecule has 200 valence electrons. The highest BCUT2D eigenvalue weighted by Crippen LogP contribution is 2.64. The minimum atomic E-state index is -0.395. The number of hydrogen-bond acceptors (Lipinski definition) is 2. The van der Waals surface area contributed by atoms with Gasteiger partial charge in [-0.05, 0) is 69.3 Å². The van der Waals surface area contributed by atoms with E-state index in [-0.39, 0.29) is 5.41 Å². The van der Waals surface area contributed by atoms with Gasteiger partial charge in [-0.15, -0.1) is 0 Å². The highest BCUT2D eigenvalue weighted by Gasteiger charge is 2.53. The Bertz CT molecular complexity index is 1970. The Morgan fingerprint density at radius 1 is 0.429 bits per heavy atom. The zero-order chi connectivity index (χ0) is 28.1. The van der Waals surface area contributed by atoms with Gasteiger partial charge in [0.25, 0.3) is 0 Å². The van der Waals surface area contributed by atoms with Crippen LogP contribution < -0.4 is 4.90 Å². The summed E-state index contributed by atoms with van der Waals surface area (Å²) in [5, 5.41) is 0. The van der Waals surface area contributed by atoms with Crippen molar-refractivity contribution in [3.05, 3.63) is 173 Å². The van der Waals surface area contributed by atoms with Crippen LogP contribution in [-0.4, -0.2) is 0 Å². The van der Waals surface area contributed by atoms with Crippen molar-refractivity contribution in [2.75, 3.05) is 4.90 Å². The molecule has 0 amide bonds. The first-order valence-electron chi connectivity index (χ1n) is 14.7. The van der Waals surface area contributed by atoms with Crippen LogP contribution in [0.1, 0.15) is 47.2 Å². The molecule has 3 aliphatic rings. The van der Waals surface area contributed by atoms with Crippen LogP contribution in [0.3, 0.4) is 0 Å². The molecule has 1 heterocycles. The van der Waals surface area contributed by atoms with Crippen LogP contribution in [0, 0.1) is 0 Å². The van der Waals surface area contributed by atoms with E-state index in [1.165, 1.54) is 71.4 Å². The second-order valence-corrected chi connectivity index (χ2v) is 13.2. The molecule has 9 rings (SSSR count). The number of para-hydroxylation sites is 2. The van der Waals surface area contributed by atoms with Gasteiger partial charge in [-0.25, -0.2) is 0 Å². The Hall–Kier alpha value is -4.53. The molecule has 0 N–H and O–H groups in total. The largest absolute Gasteiger partial charge is 0.308 e. The van der Waals surface area contributed by atoms with Gasteiger partial charge in [0, 0.05) is 20.8 Å². The summed E-state index contributed by atoms with van der Waals surface area (Å²) in [4.78, 5) is 5.07. The molecule has 2 heteroatoms. The smallest absolute Gasteiger partial charge is 0.0720 e. The van der Waals surface area contributed by atoms with E-state index in [0.717, 1.165) is 0 Å². The molecule has 42 heavy (non-hydrogen) atoms. The van der Waals surface area contributed by atoms with Crippen molar-refractivity contribution in [2.45, 2.75) is 34.5 Å². The maximum absolute atomic E-state index is 2.50. The normalized spacial score (nSPS) is 16.1. The molecule has 2 aliphatic carbocycles. The quantitative estimate of drug-likeness (QED) is 0.198. The molecule has 1 aliphatic heterocycles. The molecule has 0 saturated heterocycles. The van der Waals surface area contributed by atoms with Gasteiger partial charge in [0.2, 0.25) is 0 Å². The van der Waals surface area contributed by atoms with Crippen molar-refractivity contribution < 1.29 is 0 Å². The van der Waals surface area contributed by atoms with Gasteiger partial charge in [0.15, 0.2) is 0 Å². The van der Waals surface area contributed by atoms with Crippen LogP contribution in [0.15, 0.2) is 149 Å². The highest BCUT2D eigenvalue weighted by atomic mass is 32.2. The van der Waals surface area contributed by atoms with E-state index in [0.29, 0.717) is 0 Å². The van der Waals surface area contributed by atoms with E-state index >= 15 is 0 Å². The first-order chi connectivity index (χ1) is 20.6. The molecule has 6 aromatic rings. The van der Waals surface area contributed by atoms with Gasteiger partial charge in [-0.3, -0.25) is 0 Å². The standard InChI is InChI=1S/C40H29NS/c1-39(2)28-16-5-7-18-30(28)40(31-19-8-6-17-29(31)39)27-15-4-3-14-26(27)38-32(40)20-13-23-35(38)41-33-21-9-11-24-36(33)42-37-25-12-10-22-34(37)41/h3-25H,1-2H3. The molecule has 0 fully saturated rings. The van der Waals surface area contributed by atoms with Gasteiger partial charge >= 0.3 is 0 Å². The van der Waals surface area contributed by atoms with Crippen LogP contribution >= 0.6 is 11.8 Å². The van der Waals surface area contributed by atoms with Gasteiger partial charge in [0.1, 0.15) is 0 Å². The Balaban J connectivity index is 1.43. The number of nitrogens with zero attached hydrogens (tertiary/aromatic N) is 1. The summed E-state index contributed by atoms with van der Waals surface area (Å²) >= 11 is 1.86. The summed E-state index contributed by atoms with van der Waals surface area (Å²) in [6, 6.07) is 52.1. The molecule has 1 spiro atoms. The molecular weight excluding hydrogens is 527 g/mol. The fraction of sp³-hybridized carbons (Fsp3) is 0.100. The van der Waals surface area contributed by atoms with Gasteiger partial charge in [-0.2, -0.15) is 0 Å². The average molecular weight is 556 g/mol. The van der Waals surface area contributed by atoms with E-state index in [1.807, 2.05) is 11.8 Å². The summed E-state index contributed by atoms with van der Waals surface area (Å²) in [6.45, 7) is 4.77. The van der Waals surface area contributed by atoms with Crippen molar-refractivity contribution in [3.8, 4) is 11.1 Å². The fourth-order valence-electron chi connectivity index (χ4n) is 8.04. The van der Waals surface area contributed by atoms with Crippen LogP contribution in [0.2, 0.25) is 0 Å². The predicted octanol–water partition coefficient (Wildman–Crippen LogP) is 10.6. The Morgan fingerprint density at radius 2 is 0.881 bits per heavy atom. The van der Waals surface area contributed by atoms with E-state index in [9.17, 15) is 0 Å². The van der Waals surface area contributed by atoms with Gasteiger partial charge in [-0.1, -0.05) is 135 Å². The zero-order valence-corrected chi connectivity index (χ0v) is 24.5. The number of rotatable bonds is 1. The van der Waals surface area contributed by atoms with Crippen molar-refractivity contribution in [1.29, 1.82) is 0 Å². The maximum Gasteiger partial charge on any atom is 0.0720 e. The second-order valence-electron chi connectivity index (χ2n) is 12.1. The Kier molecular flexibility index (Phi) is 4.88. The Morgan fingerprint density at radius 3 is 1.50 bits per heavy atom. The van der Waals surface area contributed by atoms with Gasteiger partial charge < -0.3 is 4.90 Å². The molecular formula is C40H29NS. The number of fused-ring (bicyclic) bond motifs is 11. The molecule has 0 bridgehead atoms. The molecule has 6 aromatic carbocycles. The minimum Gasteiger partial charge on any atom is -0.308 e. The van der Waals surface area contributed by atoms with Crippen molar-refractivity contribution >= 4 is 28.8 Å². The lowest BCUT2D eigenvalue weighted by Gasteiger charge is -2.46. The highest BCUT2D eigenvalue weighted by molar-refractivity contribution is 7.99. The van der Waals surface area contributed by atoms with E-state index in [2.05, 4.69) is 158 Å². The molecule has 1 nitrogen and oxygen atoms in total. The lowest BCUT2D eigenvalue weighted by molar-refractivity contribution is 0.563. The van der Waals surface area contributed by atoms with E-state index in [4.69, 9.17) is 0 Å². The Labute approximate surface area is 251 Å². The number of hydrogen-bond donors (Lipinski definition) is 0. The monoisotopic (exact) mass is 555 g/mol. The third-order valence-electron chi connectivity index (χ3n) is 9.73. The summed E-state index contributed by atoms with van der Waals surface area (Å²) in [5.74, 6) is 0. The molecule has 0 atom stereocenters. The maximum atomic E-state index is 2.50. The number of benzene rings is 6. The third kappa shape index (κ3) is 2.90. The SMILES string of the molecule is CC1(C)c2ccccc2C2(c3ccccc3-c3c(N4c5ccccc5Sc5ccccc54)cccc32)c2ccccc21. The molecule has 0 unspecified atom stereocenters. The summed E-state index contributed by atoms with van der Waals surface area (Å²) in [5.41, 5.74) is 14.2. The van der Waals surface area contributed by atoms with Crippen molar-refractivity contribution in [3.63, 3.8) is 0 Å². The average Bonchev–Trinajstić information content (AvgIpc) is 3.34. The molecule has 0 saturated carbocycles. The van der Waals surface area contributed by atoms with Gasteiger partial charge in [0.05, 0.1) is 22.5 Å². The van der Waals surface area contributed by atoms with Crippen LogP contribution in [-0.2, 0) is 10.8 Å². The summed E-state index contributed by atoms with van der Waals surface area (Å²) in [7, 11) is 0. The van der Waals surface area contributed by atoms with Crippen LogP contribution in [0.5, 0.6) is 0 Å². The van der Waals surface area contributed by atoms with E-state index < -0.39 is 5.41 Å². The summed E-state index contributed by atoms with van der Waals surface area (Å²) < 4.78 is 0. The third-order valence-corrected chi connectivity index (χ3v) is 10.9. The lowest BCUT2D eigenvalue weighted by atomic mass is 9.55. The predicted molar refractivity (Wildman–Crippen MR) is 175 cm³/mol. The fourth-order valence-corrected chi connectivity index (χ4v) is 9.10. The van der Waals surface area contributed by atoms with Crippen molar-refractivity contribution in [1.82, 2.24) is 0 Å². The minimum absolute atomic E-state index is 0.101.